The fourth-order valence-corrected chi connectivity index (χ4v) is 1.59. The third kappa shape index (κ3) is 2.50. The van der Waals surface area contributed by atoms with Crippen LogP contribution in [-0.2, 0) is 11.3 Å². The van der Waals surface area contributed by atoms with Crippen molar-refractivity contribution in [3.63, 3.8) is 0 Å². The number of hydrogen-bond acceptors (Lipinski definition) is 2. The van der Waals surface area contributed by atoms with Crippen molar-refractivity contribution >= 4 is 5.97 Å². The molecule has 0 spiro atoms. The van der Waals surface area contributed by atoms with Crippen LogP contribution in [0, 0.1) is 5.82 Å². The fourth-order valence-electron chi connectivity index (χ4n) is 1.59. The number of aromatic nitrogens is 2. The average molecular weight is 234 g/mol. The lowest BCUT2D eigenvalue weighted by Gasteiger charge is -2.06. The lowest BCUT2D eigenvalue weighted by molar-refractivity contribution is -0.137. The summed E-state index contributed by atoms with van der Waals surface area (Å²) in [4.78, 5) is 14.6. The van der Waals surface area contributed by atoms with Crippen molar-refractivity contribution < 1.29 is 14.3 Å². The fraction of sp³-hybridized carbons (Fsp3) is 0.167. The second-order valence-electron chi connectivity index (χ2n) is 3.57. The Labute approximate surface area is 97.3 Å². The van der Waals surface area contributed by atoms with Gasteiger partial charge in [0.15, 0.2) is 0 Å². The molecule has 0 aliphatic rings. The highest BCUT2D eigenvalue weighted by molar-refractivity contribution is 5.66. The highest BCUT2D eigenvalue weighted by Gasteiger charge is 2.10. The van der Waals surface area contributed by atoms with Gasteiger partial charge in [0.1, 0.15) is 11.6 Å². The van der Waals surface area contributed by atoms with Crippen LogP contribution in [0.3, 0.4) is 0 Å². The largest absolute Gasteiger partial charge is 0.481 e. The van der Waals surface area contributed by atoms with E-state index < -0.39 is 5.97 Å². The Morgan fingerprint density at radius 3 is 2.88 bits per heavy atom. The Kier molecular flexibility index (Phi) is 3.18. The van der Waals surface area contributed by atoms with E-state index in [4.69, 9.17) is 5.11 Å². The number of benzene rings is 1. The molecule has 17 heavy (non-hydrogen) atoms. The van der Waals surface area contributed by atoms with Crippen molar-refractivity contribution in [1.29, 1.82) is 0 Å². The van der Waals surface area contributed by atoms with Gasteiger partial charge in [-0.25, -0.2) is 9.37 Å². The molecule has 0 aliphatic heterocycles. The van der Waals surface area contributed by atoms with Crippen molar-refractivity contribution in [1.82, 2.24) is 9.55 Å². The zero-order chi connectivity index (χ0) is 12.3. The lowest BCUT2D eigenvalue weighted by Crippen LogP contribution is -2.05. The summed E-state index contributed by atoms with van der Waals surface area (Å²) in [6.45, 7) is 0.277. The van der Waals surface area contributed by atoms with Gasteiger partial charge in [-0.3, -0.25) is 4.79 Å². The number of nitrogens with zero attached hydrogens (tertiary/aromatic N) is 2. The van der Waals surface area contributed by atoms with Gasteiger partial charge in [-0.05, 0) is 12.1 Å². The van der Waals surface area contributed by atoms with Crippen molar-refractivity contribution in [2.24, 2.45) is 0 Å². The van der Waals surface area contributed by atoms with E-state index in [0.717, 1.165) is 0 Å². The maximum atomic E-state index is 13.6. The zero-order valence-corrected chi connectivity index (χ0v) is 9.01. The molecular weight excluding hydrogens is 223 g/mol. The number of imidazole rings is 1. The first-order valence-electron chi connectivity index (χ1n) is 5.16. The molecular formula is C12H11FN2O2. The molecule has 0 amide bonds. The molecule has 5 heteroatoms. The first-order valence-corrected chi connectivity index (χ1v) is 5.16. The van der Waals surface area contributed by atoms with Gasteiger partial charge in [0.2, 0.25) is 0 Å². The van der Waals surface area contributed by atoms with Gasteiger partial charge in [-0.1, -0.05) is 12.1 Å². The molecule has 1 heterocycles. The predicted molar refractivity (Wildman–Crippen MR) is 59.9 cm³/mol. The van der Waals surface area contributed by atoms with E-state index in [-0.39, 0.29) is 18.8 Å². The van der Waals surface area contributed by atoms with Crippen LogP contribution >= 0.6 is 0 Å². The van der Waals surface area contributed by atoms with Crippen LogP contribution in [0.2, 0.25) is 0 Å². The van der Waals surface area contributed by atoms with Crippen LogP contribution in [-0.4, -0.2) is 20.6 Å². The third-order valence-corrected chi connectivity index (χ3v) is 2.40. The second-order valence-corrected chi connectivity index (χ2v) is 3.57. The number of carboxylic acids is 1. The molecule has 0 saturated carbocycles. The molecule has 0 aliphatic carbocycles. The van der Waals surface area contributed by atoms with Gasteiger partial charge < -0.3 is 9.67 Å². The molecule has 0 bridgehead atoms. The summed E-state index contributed by atoms with van der Waals surface area (Å²) in [5, 5.41) is 8.62. The molecule has 2 rings (SSSR count). The number of carbonyl (C=O) groups is 1. The molecule has 0 fully saturated rings. The monoisotopic (exact) mass is 234 g/mol. The van der Waals surface area contributed by atoms with Gasteiger partial charge in [-0.2, -0.15) is 0 Å². The molecule has 2 aromatic rings. The standard InChI is InChI=1S/C12H11FN2O2/c13-10-4-2-1-3-9(10)12-14-6-8-15(12)7-5-11(16)17/h1-4,6,8H,5,7H2,(H,16,17). The SMILES string of the molecule is O=C(O)CCn1ccnc1-c1ccccc1F. The van der Waals surface area contributed by atoms with Crippen LogP contribution in [0.4, 0.5) is 4.39 Å². The summed E-state index contributed by atoms with van der Waals surface area (Å²) < 4.78 is 15.2. The molecule has 1 aromatic carbocycles. The van der Waals surface area contributed by atoms with Gasteiger partial charge in [-0.15, -0.1) is 0 Å². The number of aliphatic carboxylic acids is 1. The maximum Gasteiger partial charge on any atom is 0.305 e. The summed E-state index contributed by atoms with van der Waals surface area (Å²) in [5.74, 6) is -0.808. The van der Waals surface area contributed by atoms with Crippen LogP contribution in [0.15, 0.2) is 36.7 Å². The van der Waals surface area contributed by atoms with E-state index in [1.165, 1.54) is 12.3 Å². The Balaban J connectivity index is 2.31. The van der Waals surface area contributed by atoms with Gasteiger partial charge in [0, 0.05) is 18.9 Å². The lowest BCUT2D eigenvalue weighted by atomic mass is 10.2. The number of hydrogen-bond donors (Lipinski definition) is 1. The van der Waals surface area contributed by atoms with Gasteiger partial charge >= 0.3 is 5.97 Å². The molecule has 1 N–H and O–H groups in total. The molecule has 0 atom stereocenters. The Hall–Kier alpha value is -2.17. The normalized spacial score (nSPS) is 10.4. The minimum absolute atomic E-state index is 0.0161. The molecule has 0 unspecified atom stereocenters. The summed E-state index contributed by atoms with van der Waals surface area (Å²) in [6, 6.07) is 6.29. The van der Waals surface area contributed by atoms with Crippen molar-refractivity contribution in [3.8, 4) is 11.4 Å². The average Bonchev–Trinajstić information content (AvgIpc) is 2.75. The van der Waals surface area contributed by atoms with Crippen LogP contribution in [0.25, 0.3) is 11.4 Å². The smallest absolute Gasteiger partial charge is 0.305 e. The summed E-state index contributed by atoms with van der Waals surface area (Å²) >= 11 is 0. The van der Waals surface area contributed by atoms with Crippen LogP contribution in [0.1, 0.15) is 6.42 Å². The quantitative estimate of drug-likeness (QED) is 0.881. The van der Waals surface area contributed by atoms with E-state index in [1.54, 1.807) is 29.0 Å². The Morgan fingerprint density at radius 2 is 2.18 bits per heavy atom. The van der Waals surface area contributed by atoms with Crippen LogP contribution in [0.5, 0.6) is 0 Å². The summed E-state index contributed by atoms with van der Waals surface area (Å²) in [7, 11) is 0. The Morgan fingerprint density at radius 1 is 1.41 bits per heavy atom. The maximum absolute atomic E-state index is 13.6. The van der Waals surface area contributed by atoms with Crippen LogP contribution < -0.4 is 0 Å². The zero-order valence-electron chi connectivity index (χ0n) is 9.01. The van der Waals surface area contributed by atoms with Gasteiger partial charge in [0.25, 0.3) is 0 Å². The molecule has 1 aromatic heterocycles. The molecule has 4 nitrogen and oxygen atoms in total. The second kappa shape index (κ2) is 4.78. The number of aryl methyl sites for hydroxylation is 1. The summed E-state index contributed by atoms with van der Waals surface area (Å²) in [6.07, 6.45) is 3.16. The minimum Gasteiger partial charge on any atom is -0.481 e. The Bertz CT molecular complexity index is 537. The van der Waals surface area contributed by atoms with E-state index in [1.807, 2.05) is 0 Å². The minimum atomic E-state index is -0.891. The third-order valence-electron chi connectivity index (χ3n) is 2.40. The van der Waals surface area contributed by atoms with Crippen molar-refractivity contribution in [2.75, 3.05) is 0 Å². The van der Waals surface area contributed by atoms with Crippen molar-refractivity contribution in [2.45, 2.75) is 13.0 Å². The molecule has 0 saturated heterocycles. The van der Waals surface area contributed by atoms with E-state index >= 15 is 0 Å². The van der Waals surface area contributed by atoms with E-state index in [0.29, 0.717) is 11.4 Å². The van der Waals surface area contributed by atoms with E-state index in [2.05, 4.69) is 4.98 Å². The number of carboxylic acid groups (broad SMARTS) is 1. The van der Waals surface area contributed by atoms with Gasteiger partial charge in [0.05, 0.1) is 12.0 Å². The predicted octanol–water partition coefficient (Wildman–Crippen LogP) is 2.16. The molecule has 88 valence electrons. The van der Waals surface area contributed by atoms with Crippen molar-refractivity contribution in [3.05, 3.63) is 42.5 Å². The topological polar surface area (TPSA) is 55.1 Å². The number of halogens is 1. The molecule has 0 radical (unpaired) electrons. The summed E-state index contributed by atoms with van der Waals surface area (Å²) in [5.41, 5.74) is 0.378. The van der Waals surface area contributed by atoms with E-state index in [9.17, 15) is 9.18 Å². The first kappa shape index (κ1) is 11.3. The highest BCUT2D eigenvalue weighted by Crippen LogP contribution is 2.20. The first-order chi connectivity index (χ1) is 8.18. The number of rotatable bonds is 4. The highest BCUT2D eigenvalue weighted by atomic mass is 19.1.